The zero-order valence-electron chi connectivity index (χ0n) is 10.4. The lowest BCUT2D eigenvalue weighted by atomic mass is 10.2. The maximum Gasteiger partial charge on any atom is 0.252 e. The average molecular weight is 327 g/mol. The van der Waals surface area contributed by atoms with Crippen molar-refractivity contribution in [3.63, 3.8) is 0 Å². The van der Waals surface area contributed by atoms with Crippen LogP contribution in [0.2, 0.25) is 0 Å². The Morgan fingerprint density at radius 2 is 2.26 bits per heavy atom. The predicted octanol–water partition coefficient (Wildman–Crippen LogP) is 1.55. The van der Waals surface area contributed by atoms with Gasteiger partial charge >= 0.3 is 0 Å². The van der Waals surface area contributed by atoms with Crippen molar-refractivity contribution in [2.45, 2.75) is 12.8 Å². The second-order valence-electron chi connectivity index (χ2n) is 4.34. The predicted molar refractivity (Wildman–Crippen MR) is 74.0 cm³/mol. The van der Waals surface area contributed by atoms with Crippen LogP contribution in [-0.2, 0) is 4.79 Å². The molecule has 1 aromatic carbocycles. The third-order valence-corrected chi connectivity index (χ3v) is 3.49. The average Bonchev–Trinajstić information content (AvgIpc) is 2.77. The van der Waals surface area contributed by atoms with Gasteiger partial charge < -0.3 is 15.4 Å². The molecule has 1 aromatic rings. The summed E-state index contributed by atoms with van der Waals surface area (Å²) in [6.45, 7) is 1.67. The Morgan fingerprint density at radius 3 is 2.89 bits per heavy atom. The molecule has 5 nitrogen and oxygen atoms in total. The van der Waals surface area contributed by atoms with Gasteiger partial charge in [0.15, 0.2) is 0 Å². The normalized spacial score (nSPS) is 14.8. The van der Waals surface area contributed by atoms with Crippen LogP contribution in [0.4, 0.5) is 0 Å². The van der Waals surface area contributed by atoms with Gasteiger partial charge in [-0.25, -0.2) is 0 Å². The van der Waals surface area contributed by atoms with Crippen LogP contribution in [0, 0.1) is 0 Å². The van der Waals surface area contributed by atoms with E-state index in [0.717, 1.165) is 17.4 Å². The molecule has 0 unspecified atom stereocenters. The van der Waals surface area contributed by atoms with Gasteiger partial charge in [-0.05, 0) is 24.6 Å². The molecular weight excluding hydrogens is 312 g/mol. The molecule has 0 radical (unpaired) electrons. The fourth-order valence-electron chi connectivity index (χ4n) is 2.03. The summed E-state index contributed by atoms with van der Waals surface area (Å²) in [7, 11) is 0. The van der Waals surface area contributed by atoms with E-state index in [1.54, 1.807) is 23.1 Å². The zero-order chi connectivity index (χ0) is 13.8. The maximum absolute atomic E-state index is 11.4. The van der Waals surface area contributed by atoms with Gasteiger partial charge in [-0.15, -0.1) is 0 Å². The van der Waals surface area contributed by atoms with Gasteiger partial charge in [0, 0.05) is 17.4 Å². The Labute approximate surface area is 119 Å². The first kappa shape index (κ1) is 13.9. The first-order valence-electron chi connectivity index (χ1n) is 6.08. The lowest BCUT2D eigenvalue weighted by Crippen LogP contribution is -2.29. The number of ether oxygens (including phenoxy) is 1. The number of carbonyl (C=O) groups excluding carboxylic acids is 2. The van der Waals surface area contributed by atoms with E-state index in [4.69, 9.17) is 10.5 Å². The summed E-state index contributed by atoms with van der Waals surface area (Å²) in [6.07, 6.45) is 1.52. The van der Waals surface area contributed by atoms with E-state index in [-0.39, 0.29) is 5.91 Å². The molecule has 1 aliphatic heterocycles. The molecule has 2 N–H and O–H groups in total. The second kappa shape index (κ2) is 6.06. The van der Waals surface area contributed by atoms with Crippen LogP contribution >= 0.6 is 15.9 Å². The Kier molecular flexibility index (Phi) is 4.42. The van der Waals surface area contributed by atoms with Crippen LogP contribution in [0.25, 0.3) is 0 Å². The van der Waals surface area contributed by atoms with Crippen molar-refractivity contribution in [3.05, 3.63) is 28.2 Å². The lowest BCUT2D eigenvalue weighted by Gasteiger charge is -2.16. The minimum Gasteiger partial charge on any atom is -0.491 e. The largest absolute Gasteiger partial charge is 0.491 e. The SMILES string of the molecule is NC(=O)c1cc(Br)ccc1OCCN1CCCC1=O. The smallest absolute Gasteiger partial charge is 0.252 e. The highest BCUT2D eigenvalue weighted by atomic mass is 79.9. The van der Waals surface area contributed by atoms with E-state index in [1.165, 1.54) is 0 Å². The minimum atomic E-state index is -0.534. The number of nitrogens with zero attached hydrogens (tertiary/aromatic N) is 1. The van der Waals surface area contributed by atoms with Crippen molar-refractivity contribution in [1.82, 2.24) is 4.90 Å². The van der Waals surface area contributed by atoms with Gasteiger partial charge in [-0.1, -0.05) is 15.9 Å². The zero-order valence-corrected chi connectivity index (χ0v) is 12.0. The topological polar surface area (TPSA) is 72.6 Å². The molecule has 6 heteroatoms. The van der Waals surface area contributed by atoms with Gasteiger partial charge in [0.1, 0.15) is 12.4 Å². The lowest BCUT2D eigenvalue weighted by molar-refractivity contribution is -0.128. The number of halogens is 1. The Morgan fingerprint density at radius 1 is 1.47 bits per heavy atom. The second-order valence-corrected chi connectivity index (χ2v) is 5.25. The summed E-state index contributed by atoms with van der Waals surface area (Å²) >= 11 is 3.28. The van der Waals surface area contributed by atoms with E-state index in [1.807, 2.05) is 0 Å². The number of nitrogens with two attached hydrogens (primary N) is 1. The van der Waals surface area contributed by atoms with E-state index < -0.39 is 5.91 Å². The van der Waals surface area contributed by atoms with Crippen LogP contribution in [0.1, 0.15) is 23.2 Å². The molecular formula is C13H15BrN2O3. The van der Waals surface area contributed by atoms with Crippen molar-refractivity contribution in [2.24, 2.45) is 5.73 Å². The molecule has 2 amide bonds. The third-order valence-electron chi connectivity index (χ3n) is 3.00. The maximum atomic E-state index is 11.4. The molecule has 0 atom stereocenters. The number of rotatable bonds is 5. The van der Waals surface area contributed by atoms with Crippen LogP contribution in [0.15, 0.2) is 22.7 Å². The third kappa shape index (κ3) is 3.47. The van der Waals surface area contributed by atoms with Crippen molar-refractivity contribution < 1.29 is 14.3 Å². The molecule has 2 rings (SSSR count). The summed E-state index contributed by atoms with van der Waals surface area (Å²) in [5.74, 6) is 0.0745. The van der Waals surface area contributed by atoms with Crippen molar-refractivity contribution in [3.8, 4) is 5.75 Å². The first-order valence-corrected chi connectivity index (χ1v) is 6.87. The molecule has 0 aromatic heterocycles. The van der Waals surface area contributed by atoms with E-state index >= 15 is 0 Å². The Hall–Kier alpha value is -1.56. The molecule has 0 aliphatic carbocycles. The fraction of sp³-hybridized carbons (Fsp3) is 0.385. The molecule has 1 heterocycles. The minimum absolute atomic E-state index is 0.162. The van der Waals surface area contributed by atoms with Crippen LogP contribution in [-0.4, -0.2) is 36.4 Å². The fourth-order valence-corrected chi connectivity index (χ4v) is 2.39. The van der Waals surface area contributed by atoms with E-state index in [2.05, 4.69) is 15.9 Å². The number of hydrogen-bond donors (Lipinski definition) is 1. The molecule has 0 spiro atoms. The van der Waals surface area contributed by atoms with E-state index in [0.29, 0.717) is 30.9 Å². The van der Waals surface area contributed by atoms with Crippen LogP contribution in [0.5, 0.6) is 5.75 Å². The summed E-state index contributed by atoms with van der Waals surface area (Å²) in [5, 5.41) is 0. The van der Waals surface area contributed by atoms with Crippen molar-refractivity contribution >= 4 is 27.7 Å². The van der Waals surface area contributed by atoms with Crippen molar-refractivity contribution in [2.75, 3.05) is 19.7 Å². The molecule has 19 heavy (non-hydrogen) atoms. The highest BCUT2D eigenvalue weighted by Crippen LogP contribution is 2.23. The first-order chi connectivity index (χ1) is 9.08. The number of likely N-dealkylation sites (tertiary alicyclic amines) is 1. The number of carbonyl (C=O) groups is 2. The number of amides is 2. The van der Waals surface area contributed by atoms with Gasteiger partial charge in [-0.2, -0.15) is 0 Å². The van der Waals surface area contributed by atoms with Gasteiger partial charge in [0.05, 0.1) is 12.1 Å². The number of hydrogen-bond acceptors (Lipinski definition) is 3. The van der Waals surface area contributed by atoms with E-state index in [9.17, 15) is 9.59 Å². The number of benzene rings is 1. The molecule has 1 fully saturated rings. The highest BCUT2D eigenvalue weighted by molar-refractivity contribution is 9.10. The molecule has 1 saturated heterocycles. The summed E-state index contributed by atoms with van der Waals surface area (Å²) in [4.78, 5) is 24.5. The van der Waals surface area contributed by atoms with Crippen molar-refractivity contribution in [1.29, 1.82) is 0 Å². The standard InChI is InChI=1S/C13H15BrN2O3/c14-9-3-4-11(10(8-9)13(15)18)19-7-6-16-5-1-2-12(16)17/h3-4,8H,1-2,5-7H2,(H2,15,18). The van der Waals surface area contributed by atoms with Gasteiger partial charge in [0.2, 0.25) is 5.91 Å². The molecule has 1 aliphatic rings. The Bertz CT molecular complexity index is 505. The summed E-state index contributed by atoms with van der Waals surface area (Å²) < 4.78 is 6.32. The molecule has 0 bridgehead atoms. The monoisotopic (exact) mass is 326 g/mol. The van der Waals surface area contributed by atoms with Gasteiger partial charge in [-0.3, -0.25) is 9.59 Å². The van der Waals surface area contributed by atoms with Gasteiger partial charge in [0.25, 0.3) is 5.91 Å². The molecule has 102 valence electrons. The summed E-state index contributed by atoms with van der Waals surface area (Å²) in [5.41, 5.74) is 5.63. The highest BCUT2D eigenvalue weighted by Gasteiger charge is 2.19. The molecule has 0 saturated carbocycles. The Balaban J connectivity index is 1.95. The van der Waals surface area contributed by atoms with Crippen LogP contribution in [0.3, 0.4) is 0 Å². The van der Waals surface area contributed by atoms with Crippen LogP contribution < -0.4 is 10.5 Å². The summed E-state index contributed by atoms with van der Waals surface area (Å²) in [6, 6.07) is 5.09. The quantitative estimate of drug-likeness (QED) is 0.892. The number of primary amides is 1.